The first-order chi connectivity index (χ1) is 6.22. The first kappa shape index (κ1) is 7.80. The molecule has 72 valence electrons. The number of ether oxygens (including phenoxy) is 1. The molecule has 4 unspecified atom stereocenters. The molecule has 0 radical (unpaired) electrons. The molecule has 1 amide bonds. The van der Waals surface area contributed by atoms with Gasteiger partial charge < -0.3 is 10.1 Å². The van der Waals surface area contributed by atoms with Gasteiger partial charge >= 0.3 is 0 Å². The van der Waals surface area contributed by atoms with Crippen LogP contribution in [0.1, 0.15) is 32.6 Å². The van der Waals surface area contributed by atoms with Gasteiger partial charge in [0.1, 0.15) is 0 Å². The summed E-state index contributed by atoms with van der Waals surface area (Å²) in [6.45, 7) is 1.60. The summed E-state index contributed by atoms with van der Waals surface area (Å²) in [7, 11) is 0. The molecule has 3 aliphatic rings. The third-order valence-electron chi connectivity index (χ3n) is 3.94. The van der Waals surface area contributed by atoms with Gasteiger partial charge in [-0.2, -0.15) is 0 Å². The average Bonchev–Trinajstić information content (AvgIpc) is 2.50. The number of hydrogen-bond acceptors (Lipinski definition) is 2. The van der Waals surface area contributed by atoms with Crippen LogP contribution < -0.4 is 5.32 Å². The molecule has 0 aromatic carbocycles. The van der Waals surface area contributed by atoms with Crippen LogP contribution in [0.5, 0.6) is 0 Å². The summed E-state index contributed by atoms with van der Waals surface area (Å²) < 4.78 is 5.72. The first-order valence-electron chi connectivity index (χ1n) is 5.17. The average molecular weight is 181 g/mol. The number of amides is 1. The minimum atomic E-state index is 0.103. The third kappa shape index (κ3) is 0.909. The van der Waals surface area contributed by atoms with E-state index in [1.807, 2.05) is 0 Å². The van der Waals surface area contributed by atoms with Crippen LogP contribution in [-0.2, 0) is 9.53 Å². The van der Waals surface area contributed by atoms with Gasteiger partial charge in [0, 0.05) is 18.9 Å². The second-order valence-electron chi connectivity index (χ2n) is 4.59. The summed E-state index contributed by atoms with van der Waals surface area (Å²) >= 11 is 0. The molecular formula is C10H15NO2. The molecule has 1 spiro atoms. The van der Waals surface area contributed by atoms with E-state index >= 15 is 0 Å². The standard InChI is InChI=1S/C10H15NO2/c1-6(12)11-8-4-5-10-7(8)2-3-9(10)13-10/h7-9H,2-5H2,1H3,(H,11,12). The van der Waals surface area contributed by atoms with Crippen LogP contribution in [0, 0.1) is 5.92 Å². The molecule has 1 saturated heterocycles. The highest BCUT2D eigenvalue weighted by molar-refractivity contribution is 5.73. The van der Waals surface area contributed by atoms with Crippen LogP contribution in [0.3, 0.4) is 0 Å². The summed E-state index contributed by atoms with van der Waals surface area (Å²) in [5, 5.41) is 3.05. The lowest BCUT2D eigenvalue weighted by molar-refractivity contribution is -0.119. The Morgan fingerprint density at radius 3 is 3.00 bits per heavy atom. The van der Waals surface area contributed by atoms with Gasteiger partial charge in [-0.05, 0) is 25.7 Å². The van der Waals surface area contributed by atoms with Gasteiger partial charge in [-0.25, -0.2) is 0 Å². The van der Waals surface area contributed by atoms with Gasteiger partial charge in [0.05, 0.1) is 11.7 Å². The number of hydrogen-bond donors (Lipinski definition) is 1. The van der Waals surface area contributed by atoms with Crippen LogP contribution in [0.25, 0.3) is 0 Å². The van der Waals surface area contributed by atoms with Crippen LogP contribution in [0.2, 0.25) is 0 Å². The quantitative estimate of drug-likeness (QED) is 0.609. The number of carbonyl (C=O) groups excluding carboxylic acids is 1. The predicted molar refractivity (Wildman–Crippen MR) is 47.2 cm³/mol. The minimum absolute atomic E-state index is 0.103. The van der Waals surface area contributed by atoms with Crippen molar-refractivity contribution in [3.05, 3.63) is 0 Å². The van der Waals surface area contributed by atoms with Crippen molar-refractivity contribution in [1.82, 2.24) is 5.32 Å². The lowest BCUT2D eigenvalue weighted by atomic mass is 9.96. The molecule has 3 nitrogen and oxygen atoms in total. The number of epoxide rings is 1. The van der Waals surface area contributed by atoms with Crippen molar-refractivity contribution < 1.29 is 9.53 Å². The van der Waals surface area contributed by atoms with Crippen LogP contribution in [0.15, 0.2) is 0 Å². The lowest BCUT2D eigenvalue weighted by Crippen LogP contribution is -2.38. The second-order valence-corrected chi connectivity index (χ2v) is 4.59. The molecule has 1 aliphatic heterocycles. The smallest absolute Gasteiger partial charge is 0.217 e. The van der Waals surface area contributed by atoms with Crippen molar-refractivity contribution in [2.45, 2.75) is 50.4 Å². The number of rotatable bonds is 1. The highest BCUT2D eigenvalue weighted by atomic mass is 16.6. The molecule has 0 bridgehead atoms. The Hall–Kier alpha value is -0.570. The van der Waals surface area contributed by atoms with Crippen molar-refractivity contribution in [2.75, 3.05) is 0 Å². The molecule has 13 heavy (non-hydrogen) atoms. The van der Waals surface area contributed by atoms with Crippen LogP contribution >= 0.6 is 0 Å². The zero-order chi connectivity index (χ0) is 9.05. The topological polar surface area (TPSA) is 41.6 Å². The maximum Gasteiger partial charge on any atom is 0.217 e. The van der Waals surface area contributed by atoms with Gasteiger partial charge in [-0.15, -0.1) is 0 Å². The van der Waals surface area contributed by atoms with E-state index in [2.05, 4.69) is 5.32 Å². The molecule has 2 aliphatic carbocycles. The zero-order valence-corrected chi connectivity index (χ0v) is 7.88. The molecule has 3 rings (SSSR count). The number of carbonyl (C=O) groups is 1. The van der Waals surface area contributed by atoms with Crippen molar-refractivity contribution in [3.8, 4) is 0 Å². The third-order valence-corrected chi connectivity index (χ3v) is 3.94. The van der Waals surface area contributed by atoms with Gasteiger partial charge in [0.2, 0.25) is 5.91 Å². The Bertz CT molecular complexity index is 266. The van der Waals surface area contributed by atoms with Crippen molar-refractivity contribution in [1.29, 1.82) is 0 Å². The maximum atomic E-state index is 11.0. The van der Waals surface area contributed by atoms with E-state index in [0.717, 1.165) is 12.8 Å². The van der Waals surface area contributed by atoms with E-state index in [9.17, 15) is 4.79 Å². The van der Waals surface area contributed by atoms with E-state index in [4.69, 9.17) is 4.74 Å². The minimum Gasteiger partial charge on any atom is -0.366 e. The molecule has 2 saturated carbocycles. The van der Waals surface area contributed by atoms with Crippen LogP contribution in [-0.4, -0.2) is 23.7 Å². The summed E-state index contributed by atoms with van der Waals surface area (Å²) in [6, 6.07) is 0.394. The number of nitrogens with one attached hydrogen (secondary N) is 1. The molecule has 4 atom stereocenters. The highest BCUT2D eigenvalue weighted by Gasteiger charge is 2.69. The van der Waals surface area contributed by atoms with E-state index in [1.54, 1.807) is 6.92 Å². The van der Waals surface area contributed by atoms with Crippen molar-refractivity contribution >= 4 is 5.91 Å². The zero-order valence-electron chi connectivity index (χ0n) is 7.88. The van der Waals surface area contributed by atoms with E-state index < -0.39 is 0 Å². The Balaban J connectivity index is 1.76. The highest BCUT2D eigenvalue weighted by Crippen LogP contribution is 2.61. The molecule has 0 aromatic heterocycles. The Labute approximate surface area is 77.8 Å². The fourth-order valence-corrected chi connectivity index (χ4v) is 3.40. The molecule has 3 heteroatoms. The molecule has 1 heterocycles. The lowest BCUT2D eigenvalue weighted by Gasteiger charge is -2.19. The predicted octanol–water partition coefficient (Wildman–Crippen LogP) is 0.833. The fraction of sp³-hybridized carbons (Fsp3) is 0.900. The Morgan fingerprint density at radius 2 is 2.31 bits per heavy atom. The normalized spacial score (nSPS) is 51.3. The summed E-state index contributed by atoms with van der Waals surface area (Å²) in [5.41, 5.74) is 0.215. The van der Waals surface area contributed by atoms with Gasteiger partial charge in [0.25, 0.3) is 0 Å². The SMILES string of the molecule is CC(=O)NC1CCC23OC2CCC13. The largest absolute Gasteiger partial charge is 0.366 e. The Kier molecular flexibility index (Phi) is 1.36. The van der Waals surface area contributed by atoms with Gasteiger partial charge in [-0.3, -0.25) is 4.79 Å². The monoisotopic (exact) mass is 181 g/mol. The van der Waals surface area contributed by atoms with Crippen molar-refractivity contribution in [2.24, 2.45) is 5.92 Å². The van der Waals surface area contributed by atoms with Crippen LogP contribution in [0.4, 0.5) is 0 Å². The molecular weight excluding hydrogens is 166 g/mol. The van der Waals surface area contributed by atoms with Gasteiger partial charge in [0.15, 0.2) is 0 Å². The maximum absolute atomic E-state index is 11.0. The van der Waals surface area contributed by atoms with E-state index in [0.29, 0.717) is 18.1 Å². The molecule has 0 aromatic rings. The van der Waals surface area contributed by atoms with Crippen molar-refractivity contribution in [3.63, 3.8) is 0 Å². The van der Waals surface area contributed by atoms with E-state index in [-0.39, 0.29) is 11.5 Å². The second kappa shape index (κ2) is 2.27. The fourth-order valence-electron chi connectivity index (χ4n) is 3.40. The Morgan fingerprint density at radius 1 is 1.46 bits per heavy atom. The van der Waals surface area contributed by atoms with E-state index in [1.165, 1.54) is 12.8 Å². The molecule has 1 N–H and O–H groups in total. The van der Waals surface area contributed by atoms with Gasteiger partial charge in [-0.1, -0.05) is 0 Å². The summed E-state index contributed by atoms with van der Waals surface area (Å²) in [6.07, 6.45) is 5.26. The first-order valence-corrected chi connectivity index (χ1v) is 5.17. The summed E-state index contributed by atoms with van der Waals surface area (Å²) in [5.74, 6) is 0.715. The summed E-state index contributed by atoms with van der Waals surface area (Å²) in [4.78, 5) is 11.0. The molecule has 3 fully saturated rings.